The number of carboxylic acids is 1. The van der Waals surface area contributed by atoms with E-state index in [2.05, 4.69) is 32.1 Å². The molecule has 0 aliphatic heterocycles. The fourth-order valence-corrected chi connectivity index (χ4v) is 3.87. The molecule has 5 aromatic rings. The van der Waals surface area contributed by atoms with Gasteiger partial charge in [0.15, 0.2) is 5.58 Å². The Bertz CT molecular complexity index is 1720. The highest BCUT2D eigenvalue weighted by molar-refractivity contribution is 6.00. The van der Waals surface area contributed by atoms with E-state index in [-0.39, 0.29) is 35.6 Å². The lowest BCUT2D eigenvalue weighted by atomic mass is 10.1. The van der Waals surface area contributed by atoms with Gasteiger partial charge < -0.3 is 23.1 Å². The minimum Gasteiger partial charge on any atom is -0.480 e. The van der Waals surface area contributed by atoms with Crippen molar-refractivity contribution in [2.75, 3.05) is 5.32 Å². The third kappa shape index (κ3) is 4.04. The van der Waals surface area contributed by atoms with Crippen LogP contribution in [0.4, 0.5) is 10.5 Å². The van der Waals surface area contributed by atoms with E-state index in [1.165, 1.54) is 6.20 Å². The number of hydrogen-bond acceptors (Lipinski definition) is 9. The number of carboxylic acid groups (broad SMARTS) is 1. The zero-order valence-corrected chi connectivity index (χ0v) is 19.4. The molecule has 6 rings (SSSR count). The Balaban J connectivity index is 1.25. The van der Waals surface area contributed by atoms with Gasteiger partial charge in [0.2, 0.25) is 11.7 Å². The molecule has 1 aromatic carbocycles. The summed E-state index contributed by atoms with van der Waals surface area (Å²) in [6.45, 7) is 2.04. The predicted octanol–water partition coefficient (Wildman–Crippen LogP) is 4.53. The molecule has 0 unspecified atom stereocenters. The normalized spacial score (nSPS) is 13.8. The molecule has 11 heteroatoms. The number of hydrogen-bond donors (Lipinski definition) is 2. The maximum Gasteiger partial charge on any atom is 0.412 e. The van der Waals surface area contributed by atoms with E-state index in [4.69, 9.17) is 18.0 Å². The molecule has 184 valence electrons. The van der Waals surface area contributed by atoms with Crippen LogP contribution in [0.2, 0.25) is 0 Å². The number of benzene rings is 1. The number of anilines is 1. The zero-order valence-electron chi connectivity index (χ0n) is 19.4. The van der Waals surface area contributed by atoms with Crippen molar-refractivity contribution in [3.8, 4) is 11.8 Å². The van der Waals surface area contributed by atoms with Crippen LogP contribution in [0.25, 0.3) is 22.4 Å². The van der Waals surface area contributed by atoms with Crippen molar-refractivity contribution in [2.45, 2.75) is 31.8 Å². The van der Waals surface area contributed by atoms with E-state index < -0.39 is 17.5 Å². The molecule has 11 nitrogen and oxygen atoms in total. The molecule has 0 bridgehead atoms. The average molecular weight is 498 g/mol. The van der Waals surface area contributed by atoms with Gasteiger partial charge in [0.25, 0.3) is 17.3 Å². The first kappa shape index (κ1) is 22.4. The average Bonchev–Trinajstić information content (AvgIpc) is 3.32. The number of aliphatic carboxylic acids is 1. The molecular formula is C26H18N4O7. The first-order valence-corrected chi connectivity index (χ1v) is 11.3. The van der Waals surface area contributed by atoms with Gasteiger partial charge in [-0.2, -0.15) is 9.97 Å². The van der Waals surface area contributed by atoms with Gasteiger partial charge in [-0.05, 0) is 42.9 Å². The fraction of sp³-hybridized carbons (Fsp3) is 0.192. The largest absolute Gasteiger partial charge is 0.480 e. The third-order valence-corrected chi connectivity index (χ3v) is 6.17. The number of furan rings is 1. The highest BCUT2D eigenvalue weighted by Crippen LogP contribution is 2.48. The Labute approximate surface area is 208 Å². The van der Waals surface area contributed by atoms with Crippen molar-refractivity contribution in [2.24, 2.45) is 0 Å². The minimum atomic E-state index is -1.11. The lowest BCUT2D eigenvalue weighted by molar-refractivity contribution is -0.140. The molecule has 1 aliphatic carbocycles. The van der Waals surface area contributed by atoms with Crippen molar-refractivity contribution < 1.29 is 32.7 Å². The van der Waals surface area contributed by atoms with Gasteiger partial charge in [-0.3, -0.25) is 15.1 Å². The first-order chi connectivity index (χ1) is 17.9. The molecule has 37 heavy (non-hydrogen) atoms. The van der Waals surface area contributed by atoms with Gasteiger partial charge in [-0.25, -0.2) is 4.79 Å². The van der Waals surface area contributed by atoms with Crippen LogP contribution in [0.15, 0.2) is 56.0 Å². The van der Waals surface area contributed by atoms with Crippen LogP contribution in [0, 0.1) is 18.8 Å². The van der Waals surface area contributed by atoms with Crippen LogP contribution < -0.4 is 5.32 Å². The van der Waals surface area contributed by atoms with Crippen LogP contribution in [-0.4, -0.2) is 32.1 Å². The number of oxazole rings is 2. The number of aromatic nitrogens is 3. The Hall–Kier alpha value is -5.11. The summed E-state index contributed by atoms with van der Waals surface area (Å²) in [4.78, 5) is 36.4. The first-order valence-electron chi connectivity index (χ1n) is 11.3. The lowest BCUT2D eigenvalue weighted by Crippen LogP contribution is -2.19. The van der Waals surface area contributed by atoms with E-state index in [1.807, 2.05) is 31.2 Å². The van der Waals surface area contributed by atoms with Crippen molar-refractivity contribution in [1.82, 2.24) is 15.0 Å². The maximum atomic E-state index is 12.6. The summed E-state index contributed by atoms with van der Waals surface area (Å²) < 4.78 is 22.2. The standard InChI is InChI=1S/C26H18N4O7/c1-14-4-2-3-5-15(14)13-34-25(33)29-20-16-8-11-27-12-18(16)35-17(20)6-7-19-28-21-22(36-19)30-23(37-21)26(9-10-26)24(31)32/h2-5,8,11-12H,9-10,13H2,1H3,(H,29,33)(H,31,32). The summed E-state index contributed by atoms with van der Waals surface area (Å²) in [6.07, 6.45) is 3.28. The molecule has 0 atom stereocenters. The molecule has 1 aliphatic rings. The van der Waals surface area contributed by atoms with Crippen LogP contribution in [0.1, 0.15) is 41.5 Å². The Kier molecular flexibility index (Phi) is 5.15. The SMILES string of the molecule is Cc1ccccc1COC(=O)Nc1c(C#Cc2nc3oc(C4(C(=O)O)CC4)nc3o2)oc2cnccc12. The van der Waals surface area contributed by atoms with Gasteiger partial charge >= 0.3 is 12.1 Å². The predicted molar refractivity (Wildman–Crippen MR) is 128 cm³/mol. The summed E-state index contributed by atoms with van der Waals surface area (Å²) in [5.41, 5.74) is 1.63. The number of amides is 1. The molecule has 0 spiro atoms. The topological polar surface area (TPSA) is 154 Å². The Morgan fingerprint density at radius 1 is 1.11 bits per heavy atom. The number of aryl methyl sites for hydroxylation is 1. The van der Waals surface area contributed by atoms with Crippen LogP contribution in [0.5, 0.6) is 0 Å². The molecule has 1 amide bonds. The molecule has 1 saturated carbocycles. The monoisotopic (exact) mass is 498 g/mol. The molecule has 0 radical (unpaired) electrons. The number of nitrogens with one attached hydrogen (secondary N) is 1. The molecule has 4 aromatic heterocycles. The Morgan fingerprint density at radius 3 is 2.68 bits per heavy atom. The molecular weight excluding hydrogens is 480 g/mol. The smallest absolute Gasteiger partial charge is 0.412 e. The van der Waals surface area contributed by atoms with E-state index in [0.717, 1.165) is 11.1 Å². The van der Waals surface area contributed by atoms with E-state index in [1.54, 1.807) is 12.3 Å². The van der Waals surface area contributed by atoms with Crippen molar-refractivity contribution >= 4 is 40.1 Å². The highest BCUT2D eigenvalue weighted by atomic mass is 16.5. The number of carbonyl (C=O) groups is 2. The second-order valence-electron chi connectivity index (χ2n) is 8.59. The lowest BCUT2D eigenvalue weighted by Gasteiger charge is -2.08. The summed E-state index contributed by atoms with van der Waals surface area (Å²) in [5.74, 6) is 4.73. The summed E-state index contributed by atoms with van der Waals surface area (Å²) >= 11 is 0. The second-order valence-corrected chi connectivity index (χ2v) is 8.59. The summed E-state index contributed by atoms with van der Waals surface area (Å²) in [5, 5.41) is 12.7. The fourth-order valence-electron chi connectivity index (χ4n) is 3.87. The summed E-state index contributed by atoms with van der Waals surface area (Å²) in [7, 11) is 0. The van der Waals surface area contributed by atoms with Crippen LogP contribution in [-0.2, 0) is 21.6 Å². The number of pyridine rings is 1. The van der Waals surface area contributed by atoms with E-state index >= 15 is 0 Å². The number of carbonyl (C=O) groups excluding carboxylic acids is 1. The third-order valence-electron chi connectivity index (χ3n) is 6.17. The van der Waals surface area contributed by atoms with Gasteiger partial charge in [-0.1, -0.05) is 24.3 Å². The van der Waals surface area contributed by atoms with Gasteiger partial charge in [0.05, 0.1) is 6.20 Å². The van der Waals surface area contributed by atoms with Crippen molar-refractivity contribution in [3.63, 3.8) is 0 Å². The maximum absolute atomic E-state index is 12.6. The summed E-state index contributed by atoms with van der Waals surface area (Å²) in [6, 6.07) is 9.29. The van der Waals surface area contributed by atoms with E-state index in [0.29, 0.717) is 29.5 Å². The van der Waals surface area contributed by atoms with Crippen LogP contribution >= 0.6 is 0 Å². The molecule has 1 fully saturated rings. The number of fused-ring (bicyclic) bond motifs is 2. The minimum absolute atomic E-state index is 0.0142. The van der Waals surface area contributed by atoms with Crippen molar-refractivity contribution in [3.05, 3.63) is 71.4 Å². The van der Waals surface area contributed by atoms with Gasteiger partial charge in [-0.15, -0.1) is 0 Å². The van der Waals surface area contributed by atoms with Crippen LogP contribution in [0.3, 0.4) is 0 Å². The molecule has 0 saturated heterocycles. The quantitative estimate of drug-likeness (QED) is 0.330. The molecule has 2 N–H and O–H groups in total. The molecule has 4 heterocycles. The zero-order chi connectivity index (χ0) is 25.6. The van der Waals surface area contributed by atoms with Gasteiger partial charge in [0.1, 0.15) is 17.7 Å². The van der Waals surface area contributed by atoms with E-state index in [9.17, 15) is 14.7 Å². The van der Waals surface area contributed by atoms with Crippen molar-refractivity contribution in [1.29, 1.82) is 0 Å². The Morgan fingerprint density at radius 2 is 1.92 bits per heavy atom. The number of rotatable bonds is 5. The van der Waals surface area contributed by atoms with Gasteiger partial charge in [0, 0.05) is 17.5 Å². The number of ether oxygens (including phenoxy) is 1. The highest BCUT2D eigenvalue weighted by Gasteiger charge is 2.56. The second kappa shape index (κ2) is 8.53. The number of nitrogens with zero attached hydrogens (tertiary/aromatic N) is 3.